The van der Waals surface area contributed by atoms with Gasteiger partial charge < -0.3 is 15.2 Å². The molecule has 1 heterocycles. The largest absolute Gasteiger partial charge is 0.480 e. The normalized spacial score (nSPS) is 20.9. The van der Waals surface area contributed by atoms with E-state index >= 15 is 0 Å². The number of fused-ring (bicyclic) bond motifs is 2. The van der Waals surface area contributed by atoms with E-state index < -0.39 is 6.10 Å². The Hall–Kier alpha value is -3.27. The monoisotopic (exact) mass is 385 g/mol. The van der Waals surface area contributed by atoms with Crippen LogP contribution in [-0.2, 0) is 17.6 Å². The van der Waals surface area contributed by atoms with Crippen LogP contribution in [0.4, 0.5) is 0 Å². The van der Waals surface area contributed by atoms with Crippen molar-refractivity contribution in [1.82, 2.24) is 5.32 Å². The first-order chi connectivity index (χ1) is 14.2. The Kier molecular flexibility index (Phi) is 4.47. The summed E-state index contributed by atoms with van der Waals surface area (Å²) in [5.41, 5.74) is 4.18. The first-order valence-corrected chi connectivity index (χ1v) is 10.2. The van der Waals surface area contributed by atoms with Gasteiger partial charge in [0.25, 0.3) is 5.95 Å². The molecule has 0 spiro atoms. The van der Waals surface area contributed by atoms with Crippen molar-refractivity contribution in [3.63, 3.8) is 0 Å². The number of aliphatic hydroxyl groups excluding tert-OH is 1. The Morgan fingerprint density at radius 1 is 0.931 bits per heavy atom. The molecule has 3 aromatic rings. The second-order valence-corrected chi connectivity index (χ2v) is 7.83. The summed E-state index contributed by atoms with van der Waals surface area (Å²) in [6, 6.07) is 19.8. The van der Waals surface area contributed by atoms with Gasteiger partial charge in [0.05, 0.1) is 12.2 Å². The fourth-order valence-corrected chi connectivity index (χ4v) is 4.41. The molecule has 3 aromatic carbocycles. The summed E-state index contributed by atoms with van der Waals surface area (Å²) < 4.78 is 5.63. The topological polar surface area (TPSA) is 58.6 Å². The molecule has 2 aliphatic rings. The molecule has 2 unspecified atom stereocenters. The zero-order valence-electron chi connectivity index (χ0n) is 16.1. The molecule has 0 saturated carbocycles. The van der Waals surface area contributed by atoms with Crippen molar-refractivity contribution >= 4 is 16.6 Å². The Bertz CT molecular complexity index is 1120. The van der Waals surface area contributed by atoms with E-state index in [2.05, 4.69) is 29.6 Å². The van der Waals surface area contributed by atoms with Crippen molar-refractivity contribution in [3.8, 4) is 0 Å². The molecular weight excluding hydrogens is 362 g/mol. The van der Waals surface area contributed by atoms with Gasteiger partial charge >= 0.3 is 0 Å². The highest BCUT2D eigenvalue weighted by molar-refractivity contribution is 6.00. The lowest BCUT2D eigenvalue weighted by Gasteiger charge is -2.31. The van der Waals surface area contributed by atoms with Gasteiger partial charge in [0.2, 0.25) is 5.78 Å². The van der Waals surface area contributed by atoms with Gasteiger partial charge in [0, 0.05) is 5.56 Å². The Balaban J connectivity index is 1.50. The van der Waals surface area contributed by atoms with Crippen molar-refractivity contribution in [2.45, 2.75) is 37.8 Å². The minimum Gasteiger partial charge on any atom is -0.480 e. The molecule has 146 valence electrons. The van der Waals surface area contributed by atoms with Crippen LogP contribution in [0.15, 0.2) is 72.8 Å². The lowest BCUT2D eigenvalue weighted by Crippen LogP contribution is -2.41. The molecule has 1 aliphatic carbocycles. The van der Waals surface area contributed by atoms with Gasteiger partial charge in [-0.3, -0.25) is 4.79 Å². The van der Waals surface area contributed by atoms with Crippen molar-refractivity contribution in [2.75, 3.05) is 0 Å². The van der Waals surface area contributed by atoms with Crippen LogP contribution in [0.2, 0.25) is 0 Å². The fourth-order valence-electron chi connectivity index (χ4n) is 4.41. The predicted molar refractivity (Wildman–Crippen MR) is 113 cm³/mol. The third-order valence-corrected chi connectivity index (χ3v) is 5.96. The molecule has 0 amide bonds. The first kappa shape index (κ1) is 17.8. The molecule has 4 heteroatoms. The molecule has 0 bridgehead atoms. The maximum absolute atomic E-state index is 13.4. The van der Waals surface area contributed by atoms with Gasteiger partial charge in [-0.15, -0.1) is 0 Å². The number of ether oxygens (including phenoxy) is 1. The molecule has 29 heavy (non-hydrogen) atoms. The number of aryl methyl sites for hydroxylation is 2. The van der Waals surface area contributed by atoms with E-state index in [1.807, 2.05) is 36.4 Å². The van der Waals surface area contributed by atoms with Gasteiger partial charge in [-0.1, -0.05) is 48.5 Å². The number of aliphatic hydroxyl groups is 1. The average molecular weight is 385 g/mol. The molecule has 1 aliphatic heterocycles. The predicted octanol–water partition coefficient (Wildman–Crippen LogP) is 4.99. The van der Waals surface area contributed by atoms with Gasteiger partial charge in [-0.2, -0.15) is 0 Å². The maximum Gasteiger partial charge on any atom is 0.294 e. The zero-order valence-corrected chi connectivity index (χ0v) is 16.1. The maximum atomic E-state index is 13.4. The van der Waals surface area contributed by atoms with E-state index in [1.54, 1.807) is 0 Å². The standard InChI is InChI=1S/C25H23NO3/c27-22-15-26-23(20-11-9-16-5-1-3-7-18(16)13-20)25(29-22)24(28)21-12-10-17-6-2-4-8-19(17)14-21/h1,3,5,7,9-15,23,25-27H,2,4,6,8H2. The highest BCUT2D eigenvalue weighted by Gasteiger charge is 2.35. The second kappa shape index (κ2) is 7.28. The van der Waals surface area contributed by atoms with Gasteiger partial charge in [0.1, 0.15) is 0 Å². The number of carbonyl (C=O) groups excluding carboxylic acids is 1. The average Bonchev–Trinajstić information content (AvgIpc) is 2.78. The van der Waals surface area contributed by atoms with Crippen LogP contribution < -0.4 is 5.32 Å². The van der Waals surface area contributed by atoms with Crippen LogP contribution in [0.3, 0.4) is 0 Å². The fraction of sp³-hybridized carbons (Fsp3) is 0.240. The smallest absolute Gasteiger partial charge is 0.294 e. The van der Waals surface area contributed by atoms with Gasteiger partial charge in [0.15, 0.2) is 6.10 Å². The summed E-state index contributed by atoms with van der Waals surface area (Å²) in [5.74, 6) is -0.387. The van der Waals surface area contributed by atoms with Crippen LogP contribution in [0.25, 0.3) is 10.8 Å². The lowest BCUT2D eigenvalue weighted by atomic mass is 9.87. The zero-order chi connectivity index (χ0) is 19.8. The van der Waals surface area contributed by atoms with Crippen LogP contribution in [0.1, 0.15) is 45.9 Å². The van der Waals surface area contributed by atoms with Crippen LogP contribution in [0.5, 0.6) is 0 Å². The Labute approximate surface area is 169 Å². The van der Waals surface area contributed by atoms with E-state index in [0.717, 1.165) is 35.6 Å². The number of hydrogen-bond acceptors (Lipinski definition) is 4. The molecular formula is C25H23NO3. The Morgan fingerprint density at radius 3 is 2.59 bits per heavy atom. The van der Waals surface area contributed by atoms with Gasteiger partial charge in [-0.05, 0) is 65.3 Å². The van der Waals surface area contributed by atoms with Crippen molar-refractivity contribution in [2.24, 2.45) is 0 Å². The van der Waals surface area contributed by atoms with E-state index in [1.165, 1.54) is 23.7 Å². The van der Waals surface area contributed by atoms with Gasteiger partial charge in [-0.25, -0.2) is 0 Å². The second-order valence-electron chi connectivity index (χ2n) is 7.83. The number of ketones is 1. The molecule has 0 saturated heterocycles. The third kappa shape index (κ3) is 3.35. The van der Waals surface area contributed by atoms with Crippen molar-refractivity contribution in [3.05, 3.63) is 95.1 Å². The molecule has 2 atom stereocenters. The van der Waals surface area contributed by atoms with E-state index in [-0.39, 0.29) is 17.8 Å². The minimum absolute atomic E-state index is 0.122. The highest BCUT2D eigenvalue weighted by Crippen LogP contribution is 2.30. The highest BCUT2D eigenvalue weighted by atomic mass is 16.6. The van der Waals surface area contributed by atoms with Crippen LogP contribution >= 0.6 is 0 Å². The molecule has 5 rings (SSSR count). The number of hydrogen-bond donors (Lipinski definition) is 2. The van der Waals surface area contributed by atoms with Crippen molar-refractivity contribution in [1.29, 1.82) is 0 Å². The van der Waals surface area contributed by atoms with Crippen LogP contribution in [-0.4, -0.2) is 17.0 Å². The SMILES string of the molecule is O=C(c1ccc2c(c1)CCCC2)C1OC(O)=CNC1c1ccc2ccccc2c1. The summed E-state index contributed by atoms with van der Waals surface area (Å²) in [5, 5.41) is 15.3. The molecule has 2 N–H and O–H groups in total. The summed E-state index contributed by atoms with van der Waals surface area (Å²) >= 11 is 0. The van der Waals surface area contributed by atoms with E-state index in [9.17, 15) is 9.90 Å². The Morgan fingerprint density at radius 2 is 1.72 bits per heavy atom. The quantitative estimate of drug-likeness (QED) is 0.624. The third-order valence-electron chi connectivity index (χ3n) is 5.96. The molecule has 0 radical (unpaired) electrons. The summed E-state index contributed by atoms with van der Waals surface area (Å²) in [6.07, 6.45) is 5.04. The summed E-state index contributed by atoms with van der Waals surface area (Å²) in [7, 11) is 0. The number of rotatable bonds is 3. The van der Waals surface area contributed by atoms with Crippen LogP contribution in [0, 0.1) is 0 Å². The lowest BCUT2D eigenvalue weighted by molar-refractivity contribution is 0.00268. The van der Waals surface area contributed by atoms with E-state index in [0.29, 0.717) is 5.56 Å². The van der Waals surface area contributed by atoms with E-state index in [4.69, 9.17) is 4.74 Å². The summed E-state index contributed by atoms with van der Waals surface area (Å²) in [6.45, 7) is 0. The number of Topliss-reactive ketones (excluding diaryl/α,β-unsaturated/α-hetero) is 1. The first-order valence-electron chi connectivity index (χ1n) is 10.2. The number of nitrogens with one attached hydrogen (secondary N) is 1. The molecule has 0 aromatic heterocycles. The molecule has 0 fully saturated rings. The number of benzene rings is 3. The summed E-state index contributed by atoms with van der Waals surface area (Å²) in [4.78, 5) is 13.4. The van der Waals surface area contributed by atoms with Crippen molar-refractivity contribution < 1.29 is 14.6 Å². The molecule has 4 nitrogen and oxygen atoms in total. The minimum atomic E-state index is -0.831. The number of carbonyl (C=O) groups is 1.